The minimum absolute atomic E-state index is 0.365. The highest BCUT2D eigenvalue weighted by molar-refractivity contribution is 7.89. The number of fused-ring (bicyclic) bond motifs is 1. The minimum atomic E-state index is -3.51. The van der Waals surface area contributed by atoms with Crippen molar-refractivity contribution in [1.29, 1.82) is 0 Å². The molecule has 3 aromatic rings. The fourth-order valence-electron chi connectivity index (χ4n) is 5.25. The standard InChI is InChI=1S/C27H37N5O2S/c1-18-14-19(2)25(20(3)15-18)35(33,34)29-17-22-12-10-21(11-13-22)16-28-27-30-24-9-7-6-8-23(24)26(31-27)32(4)5/h6-9,14-15,21-22,29H,10-13,16-17H2,1-5H3,(H,28,30,31). The van der Waals surface area contributed by atoms with Crippen molar-refractivity contribution in [3.63, 3.8) is 0 Å². The summed E-state index contributed by atoms with van der Waals surface area (Å²) < 4.78 is 28.8. The molecule has 1 heterocycles. The summed E-state index contributed by atoms with van der Waals surface area (Å²) in [5.74, 6) is 2.46. The van der Waals surface area contributed by atoms with Crippen LogP contribution in [-0.2, 0) is 10.0 Å². The second-order valence-electron chi connectivity index (χ2n) is 10.1. The van der Waals surface area contributed by atoms with Gasteiger partial charge < -0.3 is 10.2 Å². The van der Waals surface area contributed by atoms with E-state index >= 15 is 0 Å². The number of aromatic nitrogens is 2. The van der Waals surface area contributed by atoms with Crippen LogP contribution in [0.25, 0.3) is 10.9 Å². The van der Waals surface area contributed by atoms with E-state index in [-0.39, 0.29) is 0 Å². The van der Waals surface area contributed by atoms with Crippen LogP contribution in [0.4, 0.5) is 11.8 Å². The van der Waals surface area contributed by atoms with Crippen LogP contribution in [0.5, 0.6) is 0 Å². The zero-order chi connectivity index (χ0) is 25.2. The summed E-state index contributed by atoms with van der Waals surface area (Å²) in [4.78, 5) is 11.9. The molecule has 1 aliphatic rings. The second kappa shape index (κ2) is 10.5. The molecule has 1 saturated carbocycles. The van der Waals surface area contributed by atoms with Gasteiger partial charge in [0.15, 0.2) is 0 Å². The number of nitrogens with one attached hydrogen (secondary N) is 2. The van der Waals surface area contributed by atoms with Crippen molar-refractivity contribution in [3.05, 3.63) is 53.1 Å². The maximum atomic E-state index is 13.0. The molecule has 4 rings (SSSR count). The quantitative estimate of drug-likeness (QED) is 0.466. The first-order chi connectivity index (χ1) is 16.6. The fraction of sp³-hybridized carbons (Fsp3) is 0.481. The van der Waals surface area contributed by atoms with Gasteiger partial charge in [-0.2, -0.15) is 4.98 Å². The second-order valence-corrected chi connectivity index (χ2v) is 11.8. The van der Waals surface area contributed by atoms with Gasteiger partial charge in [0, 0.05) is 32.6 Å². The maximum Gasteiger partial charge on any atom is 0.241 e. The fourth-order valence-corrected chi connectivity index (χ4v) is 6.81. The van der Waals surface area contributed by atoms with Gasteiger partial charge in [-0.25, -0.2) is 18.1 Å². The molecule has 0 radical (unpaired) electrons. The molecule has 2 aromatic carbocycles. The lowest BCUT2D eigenvalue weighted by molar-refractivity contribution is 0.284. The third-order valence-corrected chi connectivity index (χ3v) is 8.69. The van der Waals surface area contributed by atoms with E-state index in [0.29, 0.717) is 29.2 Å². The third-order valence-electron chi connectivity index (χ3n) is 6.96. The number of sulfonamides is 1. The van der Waals surface area contributed by atoms with Crippen molar-refractivity contribution in [3.8, 4) is 0 Å². The van der Waals surface area contributed by atoms with E-state index in [1.165, 1.54) is 0 Å². The molecule has 35 heavy (non-hydrogen) atoms. The van der Waals surface area contributed by atoms with Crippen LogP contribution < -0.4 is 14.9 Å². The number of para-hydroxylation sites is 1. The summed E-state index contributed by atoms with van der Waals surface area (Å²) in [5.41, 5.74) is 3.62. The monoisotopic (exact) mass is 495 g/mol. The molecule has 1 aromatic heterocycles. The molecule has 1 fully saturated rings. The van der Waals surface area contributed by atoms with Crippen molar-refractivity contribution < 1.29 is 8.42 Å². The van der Waals surface area contributed by atoms with Gasteiger partial charge in [0.25, 0.3) is 0 Å². The normalized spacial score (nSPS) is 18.5. The Morgan fingerprint density at radius 2 is 1.51 bits per heavy atom. The topological polar surface area (TPSA) is 87.2 Å². The minimum Gasteiger partial charge on any atom is -0.362 e. The largest absolute Gasteiger partial charge is 0.362 e. The van der Waals surface area contributed by atoms with Crippen molar-refractivity contribution in [2.24, 2.45) is 11.8 Å². The van der Waals surface area contributed by atoms with E-state index in [9.17, 15) is 8.42 Å². The molecular formula is C27H37N5O2S. The van der Waals surface area contributed by atoms with Gasteiger partial charge in [-0.05, 0) is 81.5 Å². The predicted molar refractivity (Wildman–Crippen MR) is 144 cm³/mol. The maximum absolute atomic E-state index is 13.0. The average molecular weight is 496 g/mol. The molecule has 7 nitrogen and oxygen atoms in total. The predicted octanol–water partition coefficient (Wildman–Crippen LogP) is 4.82. The summed E-state index contributed by atoms with van der Waals surface area (Å²) in [6, 6.07) is 11.9. The zero-order valence-electron chi connectivity index (χ0n) is 21.4. The molecular weight excluding hydrogens is 458 g/mol. The molecule has 0 bridgehead atoms. The first-order valence-corrected chi connectivity index (χ1v) is 13.9. The summed E-state index contributed by atoms with van der Waals surface area (Å²) >= 11 is 0. The Kier molecular flexibility index (Phi) is 7.62. The molecule has 0 saturated heterocycles. The summed E-state index contributed by atoms with van der Waals surface area (Å²) in [5, 5.41) is 4.49. The summed E-state index contributed by atoms with van der Waals surface area (Å²) in [6.07, 6.45) is 4.16. The van der Waals surface area contributed by atoms with Gasteiger partial charge in [-0.1, -0.05) is 29.8 Å². The Labute approximate surface area is 209 Å². The van der Waals surface area contributed by atoms with Crippen molar-refractivity contribution in [2.45, 2.75) is 51.3 Å². The molecule has 0 spiro atoms. The average Bonchev–Trinajstić information content (AvgIpc) is 2.80. The van der Waals surface area contributed by atoms with E-state index in [1.54, 1.807) is 0 Å². The Morgan fingerprint density at radius 1 is 0.914 bits per heavy atom. The van der Waals surface area contributed by atoms with E-state index in [2.05, 4.69) is 10.0 Å². The van der Waals surface area contributed by atoms with Crippen LogP contribution in [0.2, 0.25) is 0 Å². The van der Waals surface area contributed by atoms with Gasteiger partial charge in [-0.15, -0.1) is 0 Å². The Bertz CT molecular complexity index is 1280. The number of hydrogen-bond acceptors (Lipinski definition) is 6. The number of anilines is 2. The first-order valence-electron chi connectivity index (χ1n) is 12.4. The number of hydrogen-bond donors (Lipinski definition) is 2. The van der Waals surface area contributed by atoms with Gasteiger partial charge in [-0.3, -0.25) is 0 Å². The third kappa shape index (κ3) is 5.93. The van der Waals surface area contributed by atoms with E-state index in [0.717, 1.165) is 65.6 Å². The van der Waals surface area contributed by atoms with Crippen LogP contribution in [0.1, 0.15) is 42.4 Å². The molecule has 8 heteroatoms. The number of rotatable bonds is 8. The van der Waals surface area contributed by atoms with E-state index < -0.39 is 10.0 Å². The SMILES string of the molecule is Cc1cc(C)c(S(=O)(=O)NCC2CCC(CNc3nc(N(C)C)c4ccccc4n3)CC2)c(C)c1. The highest BCUT2D eigenvalue weighted by Crippen LogP contribution is 2.30. The van der Waals surface area contributed by atoms with Crippen LogP contribution in [0.15, 0.2) is 41.3 Å². The lowest BCUT2D eigenvalue weighted by Crippen LogP contribution is -2.33. The molecule has 0 aliphatic heterocycles. The smallest absolute Gasteiger partial charge is 0.241 e. The molecule has 0 atom stereocenters. The van der Waals surface area contributed by atoms with Crippen LogP contribution in [-0.4, -0.2) is 45.6 Å². The van der Waals surface area contributed by atoms with Crippen molar-refractivity contribution in [2.75, 3.05) is 37.4 Å². The van der Waals surface area contributed by atoms with Crippen molar-refractivity contribution >= 4 is 32.7 Å². The molecule has 0 amide bonds. The van der Waals surface area contributed by atoms with Gasteiger partial charge in [0.1, 0.15) is 5.82 Å². The van der Waals surface area contributed by atoms with E-state index in [4.69, 9.17) is 9.97 Å². The van der Waals surface area contributed by atoms with E-state index in [1.807, 2.05) is 76.2 Å². The van der Waals surface area contributed by atoms with Crippen LogP contribution in [0.3, 0.4) is 0 Å². The van der Waals surface area contributed by atoms with Gasteiger partial charge in [0.05, 0.1) is 10.4 Å². The van der Waals surface area contributed by atoms with Crippen LogP contribution in [0, 0.1) is 32.6 Å². The summed E-state index contributed by atoms with van der Waals surface area (Å²) in [7, 11) is 0.482. The zero-order valence-corrected chi connectivity index (χ0v) is 22.2. The lowest BCUT2D eigenvalue weighted by atomic mass is 9.82. The first kappa shape index (κ1) is 25.4. The highest BCUT2D eigenvalue weighted by Gasteiger charge is 2.25. The number of benzene rings is 2. The van der Waals surface area contributed by atoms with Gasteiger partial charge in [0.2, 0.25) is 16.0 Å². The highest BCUT2D eigenvalue weighted by atomic mass is 32.2. The number of aryl methyl sites for hydroxylation is 3. The Hall–Kier alpha value is -2.71. The lowest BCUT2D eigenvalue weighted by Gasteiger charge is -2.29. The Balaban J connectivity index is 1.31. The molecule has 0 unspecified atom stereocenters. The van der Waals surface area contributed by atoms with Crippen molar-refractivity contribution in [1.82, 2.24) is 14.7 Å². The summed E-state index contributed by atoms with van der Waals surface area (Å²) in [6.45, 7) is 7.05. The number of nitrogens with zero attached hydrogens (tertiary/aromatic N) is 3. The molecule has 2 N–H and O–H groups in total. The van der Waals surface area contributed by atoms with Gasteiger partial charge >= 0.3 is 0 Å². The molecule has 1 aliphatic carbocycles. The Morgan fingerprint density at radius 3 is 2.14 bits per heavy atom. The molecule has 188 valence electrons. The van der Waals surface area contributed by atoms with Crippen LogP contribution >= 0.6 is 0 Å².